The van der Waals surface area contributed by atoms with Crippen LogP contribution in [-0.2, 0) is 9.59 Å². The molecular weight excluding hydrogens is 709 g/mol. The molecule has 5 aromatic rings. The highest BCUT2D eigenvalue weighted by molar-refractivity contribution is 5.84. The van der Waals surface area contributed by atoms with E-state index in [1.165, 1.54) is 0 Å². The minimum Gasteiger partial charge on any atom is -0.340 e. The molecule has 7 rings (SSSR count). The fourth-order valence-electron chi connectivity index (χ4n) is 8.98. The van der Waals surface area contributed by atoms with Gasteiger partial charge in [0.25, 0.3) is 0 Å². The number of rotatable bonds is 16. The lowest BCUT2D eigenvalue weighted by atomic mass is 10.0. The van der Waals surface area contributed by atoms with Gasteiger partial charge in [-0.15, -0.1) is 0 Å². The molecule has 0 radical (unpaired) electrons. The summed E-state index contributed by atoms with van der Waals surface area (Å²) in [6, 6.07) is 26.7. The van der Waals surface area contributed by atoms with E-state index in [1.807, 2.05) is 40.4 Å². The number of nitrogens with one attached hydrogen (secondary N) is 2. The normalized spacial score (nSPS) is 18.2. The molecule has 2 aliphatic rings. The number of hydrogen-bond acceptors (Lipinski definition) is 6. The molecule has 2 aromatic heterocycles. The summed E-state index contributed by atoms with van der Waals surface area (Å²) in [5.74, 6) is 2.06. The first-order chi connectivity index (χ1) is 27.8. The number of hydrogen-bond donors (Lipinski definition) is 2. The van der Waals surface area contributed by atoms with Gasteiger partial charge < -0.3 is 19.8 Å². The minimum absolute atomic E-state index is 0.0216. The Morgan fingerprint density at radius 2 is 1.11 bits per heavy atom. The van der Waals surface area contributed by atoms with Crippen LogP contribution in [0.4, 0.5) is 0 Å². The third-order valence-corrected chi connectivity index (χ3v) is 12.1. The topological polar surface area (TPSA) is 104 Å². The molecule has 300 valence electrons. The van der Waals surface area contributed by atoms with Gasteiger partial charge in [0, 0.05) is 13.1 Å². The fraction of sp³-hybridized carbons (Fsp3) is 0.447. The van der Waals surface area contributed by atoms with Crippen molar-refractivity contribution >= 4 is 11.8 Å². The van der Waals surface area contributed by atoms with Crippen molar-refractivity contribution in [3.8, 4) is 33.6 Å². The van der Waals surface area contributed by atoms with Crippen molar-refractivity contribution in [2.75, 3.05) is 39.3 Å². The molecule has 2 aliphatic heterocycles. The van der Waals surface area contributed by atoms with E-state index in [1.54, 1.807) is 0 Å². The summed E-state index contributed by atoms with van der Waals surface area (Å²) in [5, 5.41) is 0. The van der Waals surface area contributed by atoms with E-state index in [0.717, 1.165) is 129 Å². The van der Waals surface area contributed by atoms with Gasteiger partial charge in [-0.05, 0) is 99.4 Å². The molecule has 0 saturated carbocycles. The van der Waals surface area contributed by atoms with E-state index >= 15 is 0 Å². The maximum absolute atomic E-state index is 14.2. The van der Waals surface area contributed by atoms with Crippen molar-refractivity contribution < 1.29 is 9.59 Å². The third-order valence-electron chi connectivity index (χ3n) is 12.1. The lowest BCUT2D eigenvalue weighted by molar-refractivity contribution is -0.138. The number of likely N-dealkylation sites (tertiary alicyclic amines) is 2. The number of likely N-dealkylation sites (N-methyl/N-ethyl adjacent to an activating group) is 1. The second-order valence-electron chi connectivity index (χ2n) is 15.6. The molecule has 4 heterocycles. The smallest absolute Gasteiger partial charge is 0.245 e. The number of carbonyl (C=O) groups excluding carboxylic acids is 2. The largest absolute Gasteiger partial charge is 0.340 e. The molecule has 3 aromatic carbocycles. The van der Waals surface area contributed by atoms with Crippen molar-refractivity contribution in [2.24, 2.45) is 0 Å². The van der Waals surface area contributed by atoms with E-state index in [4.69, 9.17) is 9.97 Å². The number of amides is 2. The number of aromatic amines is 2. The second-order valence-corrected chi connectivity index (χ2v) is 15.6. The molecule has 10 nitrogen and oxygen atoms in total. The summed E-state index contributed by atoms with van der Waals surface area (Å²) < 4.78 is 0. The van der Waals surface area contributed by atoms with Crippen molar-refractivity contribution in [3.63, 3.8) is 0 Å². The maximum Gasteiger partial charge on any atom is 0.245 e. The number of aromatic nitrogens is 4. The molecular formula is C47H60N8O2. The highest BCUT2D eigenvalue weighted by Gasteiger charge is 2.38. The van der Waals surface area contributed by atoms with Crippen LogP contribution in [0.2, 0.25) is 0 Å². The van der Waals surface area contributed by atoms with Crippen LogP contribution in [0.25, 0.3) is 33.6 Å². The summed E-state index contributed by atoms with van der Waals surface area (Å²) in [6.45, 7) is 15.6. The Morgan fingerprint density at radius 1 is 0.649 bits per heavy atom. The first kappa shape index (κ1) is 40.1. The van der Waals surface area contributed by atoms with Crippen LogP contribution in [0.5, 0.6) is 0 Å². The lowest BCUT2D eigenvalue weighted by Gasteiger charge is -2.34. The molecule has 0 bridgehead atoms. The van der Waals surface area contributed by atoms with Crippen molar-refractivity contribution in [2.45, 2.75) is 97.3 Å². The van der Waals surface area contributed by atoms with Gasteiger partial charge in [-0.3, -0.25) is 19.4 Å². The number of H-pyrrole nitrogens is 2. The molecule has 0 aliphatic carbocycles. The van der Waals surface area contributed by atoms with Gasteiger partial charge in [0.05, 0.1) is 41.9 Å². The standard InChI is InChI=1S/C47H60N8O2/c1-6-27-53(28-7-2)33(5)46(56)54-29-13-17-41(54)44-48-31-39(50-44)36-23-19-34(20-24-36)35-21-25-37(26-22-35)40-32-49-45(51-40)42-18-14-30-55(42)47(57)43(52(8-3)9-4)38-15-11-10-12-16-38/h10-12,15-16,19-26,31-33,41-43H,6-9,13-14,17-18,27-30H2,1-5H3,(H,48,50)(H,49,51)/t33-,41+,42+,43-/m1/s1. The number of imidazole rings is 2. The molecule has 0 spiro atoms. The molecule has 10 heteroatoms. The number of carbonyl (C=O) groups is 2. The zero-order valence-electron chi connectivity index (χ0n) is 34.5. The molecule has 2 saturated heterocycles. The Balaban J connectivity index is 1.01. The zero-order chi connectivity index (χ0) is 39.9. The third kappa shape index (κ3) is 8.62. The van der Waals surface area contributed by atoms with E-state index in [9.17, 15) is 9.59 Å². The van der Waals surface area contributed by atoms with Crippen LogP contribution in [-0.4, -0.2) is 96.7 Å². The van der Waals surface area contributed by atoms with Crippen LogP contribution in [0.3, 0.4) is 0 Å². The van der Waals surface area contributed by atoms with E-state index in [2.05, 4.69) is 115 Å². The van der Waals surface area contributed by atoms with Gasteiger partial charge in [-0.1, -0.05) is 107 Å². The maximum atomic E-state index is 14.2. The fourth-order valence-corrected chi connectivity index (χ4v) is 8.98. The van der Waals surface area contributed by atoms with Crippen LogP contribution in [0.15, 0.2) is 91.3 Å². The highest BCUT2D eigenvalue weighted by Crippen LogP contribution is 2.37. The summed E-state index contributed by atoms with van der Waals surface area (Å²) in [7, 11) is 0. The highest BCUT2D eigenvalue weighted by atomic mass is 16.2. The summed E-state index contributed by atoms with van der Waals surface area (Å²) in [4.78, 5) is 53.3. The van der Waals surface area contributed by atoms with Crippen LogP contribution in [0.1, 0.15) is 108 Å². The predicted octanol–water partition coefficient (Wildman–Crippen LogP) is 9.05. The van der Waals surface area contributed by atoms with E-state index in [-0.39, 0.29) is 36.0 Å². The first-order valence-corrected chi connectivity index (χ1v) is 21.3. The average Bonchev–Trinajstić information content (AvgIpc) is 4.10. The number of benzene rings is 3. The minimum atomic E-state index is -0.309. The van der Waals surface area contributed by atoms with Gasteiger partial charge in [-0.2, -0.15) is 0 Å². The summed E-state index contributed by atoms with van der Waals surface area (Å²) in [5.41, 5.74) is 7.31. The predicted molar refractivity (Wildman–Crippen MR) is 228 cm³/mol. The molecule has 0 unspecified atom stereocenters. The van der Waals surface area contributed by atoms with Gasteiger partial charge >= 0.3 is 0 Å². The monoisotopic (exact) mass is 768 g/mol. The quantitative estimate of drug-likeness (QED) is 0.104. The van der Waals surface area contributed by atoms with E-state index in [0.29, 0.717) is 0 Å². The van der Waals surface area contributed by atoms with Crippen LogP contribution < -0.4 is 0 Å². The Morgan fingerprint density at radius 3 is 1.56 bits per heavy atom. The summed E-state index contributed by atoms with van der Waals surface area (Å²) in [6.07, 6.45) is 9.63. The summed E-state index contributed by atoms with van der Waals surface area (Å²) >= 11 is 0. The molecule has 2 amide bonds. The van der Waals surface area contributed by atoms with Crippen LogP contribution in [0, 0.1) is 0 Å². The Hall–Kier alpha value is -5.06. The molecule has 2 fully saturated rings. The van der Waals surface area contributed by atoms with Crippen molar-refractivity contribution in [3.05, 3.63) is 108 Å². The average molecular weight is 769 g/mol. The van der Waals surface area contributed by atoms with Gasteiger partial charge in [0.1, 0.15) is 17.7 Å². The second kappa shape index (κ2) is 18.5. The first-order valence-electron chi connectivity index (χ1n) is 21.3. The Bertz CT molecular complexity index is 2050. The zero-order valence-corrected chi connectivity index (χ0v) is 34.5. The van der Waals surface area contributed by atoms with Gasteiger partial charge in [0.2, 0.25) is 11.8 Å². The van der Waals surface area contributed by atoms with Crippen LogP contribution >= 0.6 is 0 Å². The molecule has 57 heavy (non-hydrogen) atoms. The van der Waals surface area contributed by atoms with Crippen molar-refractivity contribution in [1.82, 2.24) is 39.5 Å². The van der Waals surface area contributed by atoms with Crippen molar-refractivity contribution in [1.29, 1.82) is 0 Å². The Labute approximate surface area is 338 Å². The molecule has 4 atom stereocenters. The van der Waals surface area contributed by atoms with E-state index < -0.39 is 0 Å². The van der Waals surface area contributed by atoms with Gasteiger partial charge in [-0.25, -0.2) is 9.97 Å². The SMILES string of the molecule is CCCN(CCC)[C@H](C)C(=O)N1CCC[C@H]1c1ncc(-c2ccc(-c3ccc(-c4cnc([C@@H]5CCCN5C(=O)[C@@H](c5ccccc5)N(CC)CC)[nH]4)cc3)cc2)[nH]1. The molecule has 2 N–H and O–H groups in total. The van der Waals surface area contributed by atoms with Gasteiger partial charge in [0.15, 0.2) is 0 Å². The Kier molecular flexibility index (Phi) is 13.0. The lowest BCUT2D eigenvalue weighted by Crippen LogP contribution is -2.47. The number of nitrogens with zero attached hydrogens (tertiary/aromatic N) is 6.